The monoisotopic (exact) mass is 400 g/mol. The minimum absolute atomic E-state index is 0.835. The molecule has 0 radical (unpaired) electrons. The number of hydrogen-bond acceptors (Lipinski definition) is 3. The van der Waals surface area contributed by atoms with Crippen LogP contribution in [0.3, 0.4) is 0 Å². The number of aromatic nitrogens is 3. The Morgan fingerprint density at radius 1 is 0.800 bits per heavy atom. The topological polar surface area (TPSA) is 42.2 Å². The summed E-state index contributed by atoms with van der Waals surface area (Å²) in [5, 5.41) is 3.48. The summed E-state index contributed by atoms with van der Waals surface area (Å²) in [6.45, 7) is 2.28. The van der Waals surface area contributed by atoms with Crippen molar-refractivity contribution in [2.45, 2.75) is 64.7 Å². The third-order valence-electron chi connectivity index (χ3n) is 5.79. The van der Waals surface area contributed by atoms with Crippen LogP contribution in [-0.2, 0) is 6.42 Å². The minimum atomic E-state index is 0.835. The van der Waals surface area contributed by atoms with Gasteiger partial charge in [-0.25, -0.2) is 9.97 Å². The van der Waals surface area contributed by atoms with Gasteiger partial charge in [0.05, 0.1) is 23.6 Å². The molecule has 1 N–H and O–H groups in total. The Balaban J connectivity index is 1.33. The molecule has 0 atom stereocenters. The number of para-hydroxylation sites is 2. The maximum Gasteiger partial charge on any atom is 0.157 e. The molecule has 0 amide bonds. The molecule has 2 aromatic carbocycles. The lowest BCUT2D eigenvalue weighted by Gasteiger charge is -2.11. The Bertz CT molecular complexity index is 1070. The number of nitrogens with one attached hydrogen (secondary N) is 1. The zero-order valence-electron chi connectivity index (χ0n) is 18.0. The molecule has 4 aromatic rings. The van der Waals surface area contributed by atoms with E-state index in [2.05, 4.69) is 52.0 Å². The van der Waals surface area contributed by atoms with E-state index in [0.717, 1.165) is 34.5 Å². The van der Waals surface area contributed by atoms with Gasteiger partial charge in [-0.3, -0.25) is 4.40 Å². The normalized spacial score (nSPS) is 11.4. The number of fused-ring (bicyclic) bond motifs is 3. The number of benzene rings is 2. The van der Waals surface area contributed by atoms with Gasteiger partial charge in [-0.05, 0) is 42.7 Å². The van der Waals surface area contributed by atoms with Crippen LogP contribution in [0.5, 0.6) is 0 Å². The minimum Gasteiger partial charge on any atom is -0.338 e. The van der Waals surface area contributed by atoms with Crippen LogP contribution in [0, 0.1) is 0 Å². The largest absolute Gasteiger partial charge is 0.338 e. The molecule has 156 valence electrons. The van der Waals surface area contributed by atoms with Crippen LogP contribution in [0.4, 0.5) is 11.5 Å². The molecule has 0 aliphatic carbocycles. The molecular formula is C26H32N4. The summed E-state index contributed by atoms with van der Waals surface area (Å²) in [5.74, 6) is 0.835. The number of imidazole rings is 1. The predicted molar refractivity (Wildman–Crippen MR) is 127 cm³/mol. The number of aryl methyl sites for hydroxylation is 1. The van der Waals surface area contributed by atoms with Gasteiger partial charge in [0, 0.05) is 5.69 Å². The second kappa shape index (κ2) is 10.2. The van der Waals surface area contributed by atoms with Crippen LogP contribution < -0.4 is 5.32 Å². The first-order valence-corrected chi connectivity index (χ1v) is 11.4. The first-order valence-electron chi connectivity index (χ1n) is 11.4. The first kappa shape index (κ1) is 20.4. The summed E-state index contributed by atoms with van der Waals surface area (Å²) in [6, 6.07) is 16.9. The fourth-order valence-electron chi connectivity index (χ4n) is 4.05. The smallest absolute Gasteiger partial charge is 0.157 e. The van der Waals surface area contributed by atoms with Crippen molar-refractivity contribution in [3.8, 4) is 0 Å². The van der Waals surface area contributed by atoms with E-state index in [0.29, 0.717) is 0 Å². The van der Waals surface area contributed by atoms with Crippen molar-refractivity contribution in [3.63, 3.8) is 0 Å². The maximum absolute atomic E-state index is 4.82. The molecule has 0 aliphatic heterocycles. The number of rotatable bonds is 11. The molecule has 0 fully saturated rings. The van der Waals surface area contributed by atoms with Crippen LogP contribution in [0.2, 0.25) is 0 Å². The average molecular weight is 401 g/mol. The fraction of sp³-hybridized carbons (Fsp3) is 0.385. The van der Waals surface area contributed by atoms with Crippen molar-refractivity contribution >= 4 is 28.1 Å². The highest BCUT2D eigenvalue weighted by Crippen LogP contribution is 2.25. The molecule has 4 rings (SSSR count). The van der Waals surface area contributed by atoms with Crippen LogP contribution in [0.25, 0.3) is 16.6 Å². The Kier molecular flexibility index (Phi) is 6.96. The van der Waals surface area contributed by atoms with E-state index in [1.165, 1.54) is 56.9 Å². The van der Waals surface area contributed by atoms with Crippen LogP contribution >= 0.6 is 0 Å². The van der Waals surface area contributed by atoms with Gasteiger partial charge in [0.2, 0.25) is 0 Å². The average Bonchev–Trinajstić information content (AvgIpc) is 3.27. The van der Waals surface area contributed by atoms with E-state index in [-0.39, 0.29) is 0 Å². The molecule has 0 bridgehead atoms. The van der Waals surface area contributed by atoms with Gasteiger partial charge in [0.15, 0.2) is 5.82 Å². The molecule has 0 saturated carbocycles. The summed E-state index contributed by atoms with van der Waals surface area (Å²) >= 11 is 0. The summed E-state index contributed by atoms with van der Waals surface area (Å²) in [4.78, 5) is 9.14. The highest BCUT2D eigenvalue weighted by molar-refractivity contribution is 5.85. The summed E-state index contributed by atoms with van der Waals surface area (Å²) < 4.78 is 2.08. The quantitative estimate of drug-likeness (QED) is 0.268. The van der Waals surface area contributed by atoms with Gasteiger partial charge in [0.25, 0.3) is 0 Å². The molecule has 30 heavy (non-hydrogen) atoms. The summed E-state index contributed by atoms with van der Waals surface area (Å²) in [5.41, 5.74) is 5.47. The lowest BCUT2D eigenvalue weighted by atomic mass is 10.0. The second-order valence-electron chi connectivity index (χ2n) is 8.14. The van der Waals surface area contributed by atoms with E-state index in [1.807, 2.05) is 30.7 Å². The Morgan fingerprint density at radius 2 is 1.53 bits per heavy atom. The van der Waals surface area contributed by atoms with E-state index < -0.39 is 0 Å². The lowest BCUT2D eigenvalue weighted by Crippen LogP contribution is -1.99. The van der Waals surface area contributed by atoms with Crippen molar-refractivity contribution in [2.75, 3.05) is 5.32 Å². The maximum atomic E-state index is 4.82. The van der Waals surface area contributed by atoms with Gasteiger partial charge in [-0.15, -0.1) is 0 Å². The van der Waals surface area contributed by atoms with Crippen LogP contribution in [-0.4, -0.2) is 14.4 Å². The van der Waals surface area contributed by atoms with Crippen molar-refractivity contribution in [1.82, 2.24) is 14.4 Å². The highest BCUT2D eigenvalue weighted by Gasteiger charge is 2.08. The zero-order valence-corrected chi connectivity index (χ0v) is 18.0. The molecule has 0 spiro atoms. The van der Waals surface area contributed by atoms with Crippen molar-refractivity contribution in [2.24, 2.45) is 0 Å². The third kappa shape index (κ3) is 4.99. The van der Waals surface area contributed by atoms with Gasteiger partial charge in [-0.1, -0.05) is 76.1 Å². The predicted octanol–water partition coefficient (Wildman–Crippen LogP) is 7.31. The van der Waals surface area contributed by atoms with E-state index in [4.69, 9.17) is 4.98 Å². The second-order valence-corrected chi connectivity index (χ2v) is 8.14. The SMILES string of the molecule is CCCCCCCCCCc1ccc(Nc2nc3ccccc3n3cncc23)cc1. The van der Waals surface area contributed by atoms with E-state index >= 15 is 0 Å². The number of nitrogens with zero attached hydrogens (tertiary/aromatic N) is 3. The molecule has 2 aromatic heterocycles. The zero-order chi connectivity index (χ0) is 20.6. The van der Waals surface area contributed by atoms with Gasteiger partial charge < -0.3 is 5.32 Å². The summed E-state index contributed by atoms with van der Waals surface area (Å²) in [6.07, 6.45) is 15.8. The van der Waals surface area contributed by atoms with Crippen LogP contribution in [0.1, 0.15) is 63.9 Å². The lowest BCUT2D eigenvalue weighted by molar-refractivity contribution is 0.575. The number of anilines is 2. The number of hydrogen-bond donors (Lipinski definition) is 1. The van der Waals surface area contributed by atoms with Crippen molar-refractivity contribution in [1.29, 1.82) is 0 Å². The molecule has 4 nitrogen and oxygen atoms in total. The third-order valence-corrected chi connectivity index (χ3v) is 5.79. The van der Waals surface area contributed by atoms with E-state index in [9.17, 15) is 0 Å². The molecule has 2 heterocycles. The molecule has 0 unspecified atom stereocenters. The van der Waals surface area contributed by atoms with Crippen molar-refractivity contribution < 1.29 is 0 Å². The van der Waals surface area contributed by atoms with Crippen LogP contribution in [0.15, 0.2) is 61.1 Å². The van der Waals surface area contributed by atoms with Gasteiger partial charge >= 0.3 is 0 Å². The number of unbranched alkanes of at least 4 members (excludes halogenated alkanes) is 7. The molecular weight excluding hydrogens is 368 g/mol. The van der Waals surface area contributed by atoms with E-state index in [1.54, 1.807) is 0 Å². The van der Waals surface area contributed by atoms with Crippen molar-refractivity contribution in [3.05, 3.63) is 66.6 Å². The Hall–Kier alpha value is -2.88. The standard InChI is InChI=1S/C26H32N4/c1-2-3-4-5-6-7-8-9-12-21-15-17-22(18-16-21)28-26-25-19-27-20-30(25)24-14-11-10-13-23(24)29-26/h10-11,13-20H,2-9,12H2,1H3,(H,28,29). The molecule has 4 heteroatoms. The Morgan fingerprint density at radius 3 is 2.33 bits per heavy atom. The Labute approximate surface area is 179 Å². The fourth-order valence-corrected chi connectivity index (χ4v) is 4.05. The molecule has 0 aliphatic rings. The molecule has 0 saturated heterocycles. The highest BCUT2D eigenvalue weighted by atomic mass is 15.1. The summed E-state index contributed by atoms with van der Waals surface area (Å²) in [7, 11) is 0. The van der Waals surface area contributed by atoms with Gasteiger partial charge in [-0.2, -0.15) is 0 Å². The van der Waals surface area contributed by atoms with Gasteiger partial charge in [0.1, 0.15) is 5.52 Å². The first-order chi connectivity index (χ1) is 14.8.